The van der Waals surface area contributed by atoms with Crippen molar-refractivity contribution in [2.45, 2.75) is 13.3 Å². The molecule has 1 amide bonds. The standard InChI is InChI=1S/C15H19N5O3/c1-10-13(20(22)23)14(19(3)18-10)17-8-7-11-5-4-6-12(9-11)15(21)16-2/h4-6,9,17H,7-8H2,1-3H3,(H,16,21). The molecule has 1 aromatic heterocycles. The molecule has 23 heavy (non-hydrogen) atoms. The Labute approximate surface area is 133 Å². The van der Waals surface area contributed by atoms with Gasteiger partial charge in [0.15, 0.2) is 0 Å². The second-order valence-corrected chi connectivity index (χ2v) is 5.12. The van der Waals surface area contributed by atoms with E-state index in [1.807, 2.05) is 18.2 Å². The molecule has 8 heteroatoms. The maximum atomic E-state index is 11.6. The van der Waals surface area contributed by atoms with Crippen LogP contribution in [0.1, 0.15) is 21.6 Å². The number of aromatic nitrogens is 2. The summed E-state index contributed by atoms with van der Waals surface area (Å²) in [6, 6.07) is 7.28. The van der Waals surface area contributed by atoms with E-state index >= 15 is 0 Å². The second kappa shape index (κ2) is 6.91. The summed E-state index contributed by atoms with van der Waals surface area (Å²) < 4.78 is 1.47. The van der Waals surface area contributed by atoms with Gasteiger partial charge < -0.3 is 10.6 Å². The van der Waals surface area contributed by atoms with Crippen molar-refractivity contribution in [1.29, 1.82) is 0 Å². The fraction of sp³-hybridized carbons (Fsp3) is 0.333. The third kappa shape index (κ3) is 3.65. The second-order valence-electron chi connectivity index (χ2n) is 5.12. The molecule has 0 spiro atoms. The minimum atomic E-state index is -0.434. The van der Waals surface area contributed by atoms with Crippen LogP contribution in [0.5, 0.6) is 0 Å². The van der Waals surface area contributed by atoms with Crippen molar-refractivity contribution >= 4 is 17.4 Å². The monoisotopic (exact) mass is 317 g/mol. The van der Waals surface area contributed by atoms with E-state index in [1.54, 1.807) is 27.1 Å². The third-order valence-electron chi connectivity index (χ3n) is 3.50. The normalized spacial score (nSPS) is 10.4. The van der Waals surface area contributed by atoms with Crippen LogP contribution in [0.2, 0.25) is 0 Å². The molecule has 0 fully saturated rings. The van der Waals surface area contributed by atoms with Crippen molar-refractivity contribution in [2.24, 2.45) is 7.05 Å². The number of carbonyl (C=O) groups is 1. The number of hydrogen-bond donors (Lipinski definition) is 2. The van der Waals surface area contributed by atoms with Gasteiger partial charge >= 0.3 is 5.69 Å². The number of carbonyl (C=O) groups excluding carboxylic acids is 1. The molecule has 1 aromatic carbocycles. The topological polar surface area (TPSA) is 102 Å². The maximum absolute atomic E-state index is 11.6. The lowest BCUT2D eigenvalue weighted by Gasteiger charge is -2.07. The Morgan fingerprint density at radius 1 is 1.43 bits per heavy atom. The largest absolute Gasteiger partial charge is 0.364 e. The molecule has 0 aliphatic carbocycles. The van der Waals surface area contributed by atoms with E-state index < -0.39 is 4.92 Å². The first-order chi connectivity index (χ1) is 10.9. The predicted molar refractivity (Wildman–Crippen MR) is 86.6 cm³/mol. The van der Waals surface area contributed by atoms with E-state index in [9.17, 15) is 14.9 Å². The van der Waals surface area contributed by atoms with Crippen molar-refractivity contribution in [2.75, 3.05) is 18.9 Å². The van der Waals surface area contributed by atoms with Crippen molar-refractivity contribution in [3.63, 3.8) is 0 Å². The molecular formula is C15H19N5O3. The van der Waals surface area contributed by atoms with Crippen LogP contribution in [0.4, 0.5) is 11.5 Å². The Morgan fingerprint density at radius 2 is 2.17 bits per heavy atom. The molecule has 122 valence electrons. The first kappa shape index (κ1) is 16.5. The number of nitro groups is 1. The summed E-state index contributed by atoms with van der Waals surface area (Å²) in [6.45, 7) is 2.10. The molecule has 0 radical (unpaired) electrons. The minimum absolute atomic E-state index is 0.00777. The Bertz CT molecular complexity index is 739. The molecule has 2 rings (SSSR count). The van der Waals surface area contributed by atoms with Gasteiger partial charge in [0.2, 0.25) is 5.82 Å². The van der Waals surface area contributed by atoms with Gasteiger partial charge in [0, 0.05) is 26.2 Å². The lowest BCUT2D eigenvalue weighted by Crippen LogP contribution is -2.18. The minimum Gasteiger partial charge on any atom is -0.364 e. The van der Waals surface area contributed by atoms with Crippen LogP contribution in [0.15, 0.2) is 24.3 Å². The molecule has 0 aliphatic rings. The van der Waals surface area contributed by atoms with Gasteiger partial charge in [-0.05, 0) is 31.0 Å². The van der Waals surface area contributed by atoms with Gasteiger partial charge in [-0.3, -0.25) is 14.9 Å². The van der Waals surface area contributed by atoms with Gasteiger partial charge in [0.05, 0.1) is 4.92 Å². The van der Waals surface area contributed by atoms with Crippen LogP contribution in [0, 0.1) is 17.0 Å². The average molecular weight is 317 g/mol. The Kier molecular flexibility index (Phi) is 4.95. The molecule has 0 saturated carbocycles. The van der Waals surface area contributed by atoms with Gasteiger partial charge in [-0.25, -0.2) is 4.68 Å². The number of hydrogen-bond acceptors (Lipinski definition) is 5. The summed E-state index contributed by atoms with van der Waals surface area (Å²) in [5.74, 6) is 0.243. The van der Waals surface area contributed by atoms with Crippen LogP contribution in [-0.4, -0.2) is 34.2 Å². The zero-order valence-electron chi connectivity index (χ0n) is 13.3. The van der Waals surface area contributed by atoms with E-state index in [0.29, 0.717) is 30.0 Å². The molecule has 2 aromatic rings. The Morgan fingerprint density at radius 3 is 2.83 bits per heavy atom. The molecular weight excluding hydrogens is 298 g/mol. The van der Waals surface area contributed by atoms with Gasteiger partial charge in [-0.2, -0.15) is 5.10 Å². The van der Waals surface area contributed by atoms with E-state index in [1.165, 1.54) is 4.68 Å². The maximum Gasteiger partial charge on any atom is 0.333 e. The Hall–Kier alpha value is -2.90. The summed E-state index contributed by atoms with van der Waals surface area (Å²) in [7, 11) is 3.25. The third-order valence-corrected chi connectivity index (χ3v) is 3.50. The van der Waals surface area contributed by atoms with E-state index in [-0.39, 0.29) is 11.6 Å². The summed E-state index contributed by atoms with van der Waals surface area (Å²) in [5.41, 5.74) is 1.93. The lowest BCUT2D eigenvalue weighted by molar-refractivity contribution is -0.384. The first-order valence-electron chi connectivity index (χ1n) is 7.17. The lowest BCUT2D eigenvalue weighted by atomic mass is 10.1. The highest BCUT2D eigenvalue weighted by Crippen LogP contribution is 2.27. The average Bonchev–Trinajstić information content (AvgIpc) is 2.81. The van der Waals surface area contributed by atoms with E-state index in [2.05, 4.69) is 15.7 Å². The number of aryl methyl sites for hydroxylation is 2. The highest BCUT2D eigenvalue weighted by molar-refractivity contribution is 5.94. The number of nitrogens with one attached hydrogen (secondary N) is 2. The van der Waals surface area contributed by atoms with Crippen LogP contribution in [0.3, 0.4) is 0 Å². The van der Waals surface area contributed by atoms with Crippen LogP contribution < -0.4 is 10.6 Å². The summed E-state index contributed by atoms with van der Waals surface area (Å²) >= 11 is 0. The molecule has 0 bridgehead atoms. The number of anilines is 1. The molecule has 8 nitrogen and oxygen atoms in total. The van der Waals surface area contributed by atoms with E-state index in [4.69, 9.17) is 0 Å². The number of nitrogens with zero attached hydrogens (tertiary/aromatic N) is 3. The molecule has 0 saturated heterocycles. The van der Waals surface area contributed by atoms with Crippen molar-refractivity contribution in [3.8, 4) is 0 Å². The fourth-order valence-corrected chi connectivity index (χ4v) is 2.40. The van der Waals surface area contributed by atoms with Crippen molar-refractivity contribution < 1.29 is 9.72 Å². The molecule has 1 heterocycles. The summed E-state index contributed by atoms with van der Waals surface area (Å²) in [5, 5.41) is 20.8. The SMILES string of the molecule is CNC(=O)c1cccc(CCNc2c([N+](=O)[O-])c(C)nn2C)c1. The summed E-state index contributed by atoms with van der Waals surface area (Å²) in [4.78, 5) is 22.3. The predicted octanol–water partition coefficient (Wildman–Crippen LogP) is 1.65. The van der Waals surface area contributed by atoms with Gasteiger partial charge in [0.25, 0.3) is 5.91 Å². The van der Waals surface area contributed by atoms with Crippen LogP contribution >= 0.6 is 0 Å². The van der Waals surface area contributed by atoms with Gasteiger partial charge in [-0.1, -0.05) is 12.1 Å². The quantitative estimate of drug-likeness (QED) is 0.623. The highest BCUT2D eigenvalue weighted by Gasteiger charge is 2.23. The van der Waals surface area contributed by atoms with Crippen molar-refractivity contribution in [1.82, 2.24) is 15.1 Å². The zero-order chi connectivity index (χ0) is 17.0. The number of amides is 1. The van der Waals surface area contributed by atoms with Gasteiger partial charge in [-0.15, -0.1) is 0 Å². The fourth-order valence-electron chi connectivity index (χ4n) is 2.40. The summed E-state index contributed by atoms with van der Waals surface area (Å²) in [6.07, 6.45) is 0.631. The Balaban J connectivity index is 2.06. The molecule has 0 unspecified atom stereocenters. The first-order valence-corrected chi connectivity index (χ1v) is 7.17. The highest BCUT2D eigenvalue weighted by atomic mass is 16.6. The smallest absolute Gasteiger partial charge is 0.333 e. The number of rotatable bonds is 6. The van der Waals surface area contributed by atoms with Crippen LogP contribution in [-0.2, 0) is 13.5 Å². The van der Waals surface area contributed by atoms with Gasteiger partial charge in [0.1, 0.15) is 5.69 Å². The van der Waals surface area contributed by atoms with Crippen molar-refractivity contribution in [3.05, 3.63) is 51.2 Å². The van der Waals surface area contributed by atoms with Crippen LogP contribution in [0.25, 0.3) is 0 Å². The van der Waals surface area contributed by atoms with E-state index in [0.717, 1.165) is 5.56 Å². The molecule has 0 aliphatic heterocycles. The number of benzene rings is 1. The molecule has 2 N–H and O–H groups in total. The molecule has 0 atom stereocenters. The zero-order valence-corrected chi connectivity index (χ0v) is 13.3.